The highest BCUT2D eigenvalue weighted by Gasteiger charge is 2.55. The van der Waals surface area contributed by atoms with E-state index in [-0.39, 0.29) is 0 Å². The molecule has 0 aromatic heterocycles. The molecule has 1 aromatic rings. The van der Waals surface area contributed by atoms with Crippen LogP contribution in [0.4, 0.5) is 0 Å². The summed E-state index contributed by atoms with van der Waals surface area (Å²) < 4.78 is 0. The maximum absolute atomic E-state index is 10.6. The first-order valence-corrected chi connectivity index (χ1v) is 5.58. The summed E-state index contributed by atoms with van der Waals surface area (Å²) in [5.74, 6) is 1.35. The van der Waals surface area contributed by atoms with Crippen LogP contribution in [0, 0.1) is 11.8 Å². The highest BCUT2D eigenvalue weighted by atomic mass is 16.3. The van der Waals surface area contributed by atoms with Crippen molar-refractivity contribution in [3.8, 4) is 0 Å². The Labute approximate surface area is 84.8 Å². The van der Waals surface area contributed by atoms with Gasteiger partial charge in [-0.15, -0.1) is 0 Å². The zero-order valence-electron chi connectivity index (χ0n) is 8.32. The topological polar surface area (TPSA) is 20.2 Å². The van der Waals surface area contributed by atoms with Crippen LogP contribution in [-0.2, 0) is 5.60 Å². The summed E-state index contributed by atoms with van der Waals surface area (Å²) in [4.78, 5) is 0. The van der Waals surface area contributed by atoms with Crippen LogP contribution in [0.5, 0.6) is 0 Å². The summed E-state index contributed by atoms with van der Waals surface area (Å²) in [5, 5.41) is 10.6. The van der Waals surface area contributed by atoms with Gasteiger partial charge in [-0.3, -0.25) is 0 Å². The summed E-state index contributed by atoms with van der Waals surface area (Å²) in [5.41, 5.74) is 0.644. The highest BCUT2D eigenvalue weighted by molar-refractivity contribution is 5.27. The molecule has 0 aliphatic heterocycles. The summed E-state index contributed by atoms with van der Waals surface area (Å²) in [6, 6.07) is 10.2. The standard InChI is InChI=1S/C13H16O/c14-13(11-6-2-1-3-7-11)9-10-5-4-8-12(10)13/h1-3,6-7,10,12,14H,4-5,8-9H2/t10-,12-,13-/m0/s1. The molecule has 2 fully saturated rings. The van der Waals surface area contributed by atoms with Crippen LogP contribution < -0.4 is 0 Å². The molecule has 0 bridgehead atoms. The van der Waals surface area contributed by atoms with Crippen LogP contribution in [0.1, 0.15) is 31.2 Å². The van der Waals surface area contributed by atoms with Crippen molar-refractivity contribution in [3.63, 3.8) is 0 Å². The Kier molecular flexibility index (Phi) is 1.72. The highest BCUT2D eigenvalue weighted by Crippen LogP contribution is 2.58. The van der Waals surface area contributed by atoms with Crippen molar-refractivity contribution in [2.75, 3.05) is 0 Å². The Hall–Kier alpha value is -0.820. The number of hydrogen-bond donors (Lipinski definition) is 1. The van der Waals surface area contributed by atoms with Gasteiger partial charge < -0.3 is 5.11 Å². The normalized spacial score (nSPS) is 40.4. The molecule has 0 unspecified atom stereocenters. The fourth-order valence-electron chi connectivity index (χ4n) is 3.36. The first-order chi connectivity index (χ1) is 6.81. The fraction of sp³-hybridized carbons (Fsp3) is 0.538. The molecule has 0 radical (unpaired) electrons. The second-order valence-corrected chi connectivity index (χ2v) is 4.79. The van der Waals surface area contributed by atoms with Crippen LogP contribution in [0.15, 0.2) is 30.3 Å². The van der Waals surface area contributed by atoms with Gasteiger partial charge in [0.15, 0.2) is 0 Å². The largest absolute Gasteiger partial charge is 0.385 e. The monoisotopic (exact) mass is 188 g/mol. The minimum absolute atomic E-state index is 0.484. The smallest absolute Gasteiger partial charge is 0.0930 e. The van der Waals surface area contributed by atoms with Gasteiger partial charge in [0, 0.05) is 0 Å². The van der Waals surface area contributed by atoms with Crippen LogP contribution in [0.3, 0.4) is 0 Å². The van der Waals surface area contributed by atoms with E-state index >= 15 is 0 Å². The van der Waals surface area contributed by atoms with Gasteiger partial charge in [-0.2, -0.15) is 0 Å². The van der Waals surface area contributed by atoms with Crippen molar-refractivity contribution in [1.82, 2.24) is 0 Å². The maximum Gasteiger partial charge on any atom is 0.0930 e. The summed E-state index contributed by atoms with van der Waals surface area (Å²) in [6.45, 7) is 0. The van der Waals surface area contributed by atoms with Crippen LogP contribution in [0.2, 0.25) is 0 Å². The Bertz CT molecular complexity index is 332. The van der Waals surface area contributed by atoms with E-state index in [4.69, 9.17) is 0 Å². The average Bonchev–Trinajstić information content (AvgIpc) is 2.61. The number of fused-ring (bicyclic) bond motifs is 1. The average molecular weight is 188 g/mol. The van der Waals surface area contributed by atoms with Gasteiger partial charge in [0.05, 0.1) is 5.60 Å². The lowest BCUT2D eigenvalue weighted by Gasteiger charge is -2.49. The molecule has 1 heteroatoms. The predicted molar refractivity (Wildman–Crippen MR) is 55.8 cm³/mol. The van der Waals surface area contributed by atoms with Crippen LogP contribution >= 0.6 is 0 Å². The molecule has 2 saturated carbocycles. The Morgan fingerprint density at radius 3 is 2.64 bits per heavy atom. The van der Waals surface area contributed by atoms with Crippen molar-refractivity contribution in [2.24, 2.45) is 11.8 Å². The number of aliphatic hydroxyl groups is 1. The van der Waals surface area contributed by atoms with Gasteiger partial charge in [0.25, 0.3) is 0 Å². The van der Waals surface area contributed by atoms with Gasteiger partial charge in [-0.1, -0.05) is 36.8 Å². The van der Waals surface area contributed by atoms with Crippen molar-refractivity contribution >= 4 is 0 Å². The molecule has 0 spiro atoms. The molecule has 1 aromatic carbocycles. The fourth-order valence-corrected chi connectivity index (χ4v) is 3.36. The predicted octanol–water partition coefficient (Wildman–Crippen LogP) is 2.69. The number of benzene rings is 1. The molecular weight excluding hydrogens is 172 g/mol. The Balaban J connectivity index is 1.92. The van der Waals surface area contributed by atoms with Crippen molar-refractivity contribution in [2.45, 2.75) is 31.3 Å². The molecule has 2 aliphatic rings. The van der Waals surface area contributed by atoms with E-state index in [1.807, 2.05) is 18.2 Å². The molecule has 1 N–H and O–H groups in total. The molecule has 0 heterocycles. The third kappa shape index (κ3) is 0.992. The van der Waals surface area contributed by atoms with Crippen molar-refractivity contribution in [3.05, 3.63) is 35.9 Å². The molecule has 3 rings (SSSR count). The Morgan fingerprint density at radius 1 is 1.14 bits per heavy atom. The van der Waals surface area contributed by atoms with Gasteiger partial charge in [0.1, 0.15) is 0 Å². The molecular formula is C13H16O. The van der Waals surface area contributed by atoms with Crippen molar-refractivity contribution in [1.29, 1.82) is 0 Å². The lowest BCUT2D eigenvalue weighted by molar-refractivity contribution is -0.132. The van der Waals surface area contributed by atoms with Gasteiger partial charge in [0.2, 0.25) is 0 Å². The summed E-state index contributed by atoms with van der Waals surface area (Å²) in [6.07, 6.45) is 4.85. The zero-order valence-corrected chi connectivity index (χ0v) is 8.32. The molecule has 3 atom stereocenters. The number of rotatable bonds is 1. The Morgan fingerprint density at radius 2 is 1.93 bits per heavy atom. The molecule has 14 heavy (non-hydrogen) atoms. The van der Waals surface area contributed by atoms with E-state index in [0.29, 0.717) is 5.92 Å². The summed E-state index contributed by atoms with van der Waals surface area (Å²) >= 11 is 0. The second-order valence-electron chi connectivity index (χ2n) is 4.79. The minimum Gasteiger partial charge on any atom is -0.385 e. The lowest BCUT2D eigenvalue weighted by Crippen LogP contribution is -2.48. The quantitative estimate of drug-likeness (QED) is 0.718. The molecule has 0 amide bonds. The molecule has 1 nitrogen and oxygen atoms in total. The second kappa shape index (κ2) is 2.83. The maximum atomic E-state index is 10.6. The van der Waals surface area contributed by atoms with E-state index < -0.39 is 5.60 Å². The van der Waals surface area contributed by atoms with E-state index in [1.165, 1.54) is 19.3 Å². The molecule has 0 saturated heterocycles. The minimum atomic E-state index is -0.484. The third-order valence-electron chi connectivity index (χ3n) is 4.12. The third-order valence-corrected chi connectivity index (χ3v) is 4.12. The van der Waals surface area contributed by atoms with Crippen LogP contribution in [-0.4, -0.2) is 5.11 Å². The van der Waals surface area contributed by atoms with Gasteiger partial charge in [-0.25, -0.2) is 0 Å². The van der Waals surface area contributed by atoms with E-state index in [1.54, 1.807) is 0 Å². The first kappa shape index (κ1) is 8.49. The lowest BCUT2D eigenvalue weighted by atomic mass is 9.60. The van der Waals surface area contributed by atoms with Crippen LogP contribution in [0.25, 0.3) is 0 Å². The number of hydrogen-bond acceptors (Lipinski definition) is 1. The first-order valence-electron chi connectivity index (χ1n) is 5.58. The molecule has 74 valence electrons. The zero-order chi connectivity index (χ0) is 9.60. The molecule has 2 aliphatic carbocycles. The van der Waals surface area contributed by atoms with Crippen molar-refractivity contribution < 1.29 is 5.11 Å². The SMILES string of the molecule is O[C@]1(c2ccccc2)C[C@@H]2CCC[C@@H]21. The van der Waals surface area contributed by atoms with E-state index in [9.17, 15) is 5.11 Å². The summed E-state index contributed by atoms with van der Waals surface area (Å²) in [7, 11) is 0. The van der Waals surface area contributed by atoms with Gasteiger partial charge in [-0.05, 0) is 36.7 Å². The van der Waals surface area contributed by atoms with Gasteiger partial charge >= 0.3 is 0 Å². The van der Waals surface area contributed by atoms with E-state index in [2.05, 4.69) is 12.1 Å². The van der Waals surface area contributed by atoms with E-state index in [0.717, 1.165) is 17.9 Å².